The minimum absolute atomic E-state index is 0.236. The lowest BCUT2D eigenvalue weighted by Crippen LogP contribution is -2.29. The second-order valence-corrected chi connectivity index (χ2v) is 7.02. The van der Waals surface area contributed by atoms with Gasteiger partial charge in [-0.25, -0.2) is 24.3 Å². The van der Waals surface area contributed by atoms with Crippen molar-refractivity contribution >= 4 is 28.7 Å². The summed E-state index contributed by atoms with van der Waals surface area (Å²) in [6.45, 7) is 1.51. The lowest BCUT2D eigenvalue weighted by molar-refractivity contribution is 0.631. The van der Waals surface area contributed by atoms with Gasteiger partial charge in [0.25, 0.3) is 0 Å². The summed E-state index contributed by atoms with van der Waals surface area (Å²) in [7, 11) is 0. The standard InChI is InChI=1S/C22H17FN8/c23-17-12-15(13-24)2-3-18(17)29-20-21-28-14-19(31(21)11-8-25-20)16-4-9-30(10-5-16)22-26-6-1-7-27-22/h1-4,6-8,11-12,14H,5,9-10H2,(H,25,29). The van der Waals surface area contributed by atoms with Gasteiger partial charge in [-0.15, -0.1) is 0 Å². The number of halogens is 1. The maximum Gasteiger partial charge on any atom is 0.225 e. The maximum absolute atomic E-state index is 14.3. The topological polar surface area (TPSA) is 95.0 Å². The molecule has 3 aromatic heterocycles. The fraction of sp³-hybridized carbons (Fsp3) is 0.136. The first-order valence-corrected chi connectivity index (χ1v) is 9.73. The molecule has 0 bridgehead atoms. The van der Waals surface area contributed by atoms with Crippen LogP contribution in [0.5, 0.6) is 0 Å². The van der Waals surface area contributed by atoms with Gasteiger partial charge in [0.15, 0.2) is 11.5 Å². The second-order valence-electron chi connectivity index (χ2n) is 7.02. The Hall–Kier alpha value is -4.32. The summed E-state index contributed by atoms with van der Waals surface area (Å²) >= 11 is 0. The molecule has 0 atom stereocenters. The first-order valence-electron chi connectivity index (χ1n) is 9.73. The molecule has 1 aromatic carbocycles. The average molecular weight is 412 g/mol. The maximum atomic E-state index is 14.3. The van der Waals surface area contributed by atoms with Crippen LogP contribution in [-0.2, 0) is 0 Å². The molecule has 0 unspecified atom stereocenters. The van der Waals surface area contributed by atoms with Gasteiger partial charge in [-0.2, -0.15) is 5.26 Å². The SMILES string of the molecule is N#Cc1ccc(Nc2nccn3c(C4=CCN(c5ncccn5)CC4)cnc23)c(F)c1. The minimum Gasteiger partial charge on any atom is -0.337 e. The van der Waals surface area contributed by atoms with E-state index in [0.29, 0.717) is 18.0 Å². The fourth-order valence-corrected chi connectivity index (χ4v) is 3.60. The van der Waals surface area contributed by atoms with E-state index in [4.69, 9.17) is 5.26 Å². The van der Waals surface area contributed by atoms with Gasteiger partial charge >= 0.3 is 0 Å². The first-order chi connectivity index (χ1) is 15.2. The van der Waals surface area contributed by atoms with Gasteiger partial charge in [-0.1, -0.05) is 6.08 Å². The van der Waals surface area contributed by atoms with E-state index in [1.165, 1.54) is 17.7 Å². The molecule has 1 aliphatic rings. The van der Waals surface area contributed by atoms with E-state index in [2.05, 4.69) is 36.2 Å². The Kier molecular flexibility index (Phi) is 4.72. The molecule has 0 fully saturated rings. The summed E-state index contributed by atoms with van der Waals surface area (Å²) in [5.41, 5.74) is 3.22. The summed E-state index contributed by atoms with van der Waals surface area (Å²) in [6.07, 6.45) is 11.7. The minimum atomic E-state index is -0.521. The smallest absolute Gasteiger partial charge is 0.225 e. The number of fused-ring (bicyclic) bond motifs is 1. The van der Waals surface area contributed by atoms with Gasteiger partial charge in [0, 0.05) is 37.9 Å². The molecule has 4 aromatic rings. The number of nitriles is 1. The fourth-order valence-electron chi connectivity index (χ4n) is 3.60. The molecule has 9 heteroatoms. The molecule has 1 N–H and O–H groups in total. The number of nitrogens with zero attached hydrogens (tertiary/aromatic N) is 7. The molecule has 0 spiro atoms. The van der Waals surface area contributed by atoms with Crippen LogP contribution in [-0.4, -0.2) is 37.4 Å². The van der Waals surface area contributed by atoms with E-state index in [0.717, 1.165) is 24.6 Å². The van der Waals surface area contributed by atoms with Crippen molar-refractivity contribution in [1.82, 2.24) is 24.3 Å². The van der Waals surface area contributed by atoms with Gasteiger partial charge in [-0.05, 0) is 36.3 Å². The Morgan fingerprint density at radius 2 is 1.97 bits per heavy atom. The number of benzene rings is 1. The lowest BCUT2D eigenvalue weighted by atomic mass is 10.1. The number of aromatic nitrogens is 5. The van der Waals surface area contributed by atoms with Gasteiger partial charge in [0.05, 0.1) is 29.2 Å². The van der Waals surface area contributed by atoms with E-state index >= 15 is 0 Å². The Bertz CT molecular complexity index is 1320. The molecular weight excluding hydrogens is 395 g/mol. The third-order valence-electron chi connectivity index (χ3n) is 5.15. The van der Waals surface area contributed by atoms with Gasteiger partial charge in [0.2, 0.25) is 5.95 Å². The second kappa shape index (κ2) is 7.84. The Balaban J connectivity index is 1.42. The van der Waals surface area contributed by atoms with Crippen molar-refractivity contribution in [3.63, 3.8) is 0 Å². The number of anilines is 3. The largest absolute Gasteiger partial charge is 0.337 e. The van der Waals surface area contributed by atoms with E-state index in [1.807, 2.05) is 16.7 Å². The van der Waals surface area contributed by atoms with E-state index in [-0.39, 0.29) is 11.3 Å². The summed E-state index contributed by atoms with van der Waals surface area (Å²) in [4.78, 5) is 19.6. The molecule has 0 radical (unpaired) electrons. The van der Waals surface area contributed by atoms with Crippen molar-refractivity contribution in [2.45, 2.75) is 6.42 Å². The van der Waals surface area contributed by atoms with Crippen LogP contribution < -0.4 is 10.2 Å². The highest BCUT2D eigenvalue weighted by molar-refractivity contribution is 5.75. The van der Waals surface area contributed by atoms with Crippen molar-refractivity contribution in [3.05, 3.63) is 78.4 Å². The highest BCUT2D eigenvalue weighted by atomic mass is 19.1. The molecule has 8 nitrogen and oxygen atoms in total. The van der Waals surface area contributed by atoms with E-state index in [1.54, 1.807) is 36.9 Å². The monoisotopic (exact) mass is 412 g/mol. The molecular formula is C22H17FN8. The molecule has 0 saturated carbocycles. The number of nitrogens with one attached hydrogen (secondary N) is 1. The average Bonchev–Trinajstić information content (AvgIpc) is 3.26. The van der Waals surface area contributed by atoms with Gasteiger partial charge in [-0.3, -0.25) is 4.40 Å². The van der Waals surface area contributed by atoms with Crippen LogP contribution in [0.2, 0.25) is 0 Å². The van der Waals surface area contributed by atoms with Crippen molar-refractivity contribution in [3.8, 4) is 6.07 Å². The van der Waals surface area contributed by atoms with Crippen molar-refractivity contribution in [2.24, 2.45) is 0 Å². The molecule has 0 amide bonds. The zero-order chi connectivity index (χ0) is 21.2. The molecule has 0 aliphatic carbocycles. The Labute approximate surface area is 177 Å². The molecule has 4 heterocycles. The van der Waals surface area contributed by atoms with Crippen LogP contribution in [0.3, 0.4) is 0 Å². The number of hydrogen-bond donors (Lipinski definition) is 1. The Morgan fingerprint density at radius 3 is 2.71 bits per heavy atom. The van der Waals surface area contributed by atoms with Crippen LogP contribution in [0.1, 0.15) is 17.7 Å². The number of rotatable bonds is 4. The quantitative estimate of drug-likeness (QED) is 0.547. The summed E-state index contributed by atoms with van der Waals surface area (Å²) in [5.74, 6) is 0.636. The van der Waals surface area contributed by atoms with Crippen LogP contribution in [0.25, 0.3) is 11.2 Å². The Morgan fingerprint density at radius 1 is 1.10 bits per heavy atom. The van der Waals surface area contributed by atoms with Crippen molar-refractivity contribution in [2.75, 3.05) is 23.3 Å². The van der Waals surface area contributed by atoms with Crippen LogP contribution in [0.15, 0.2) is 61.3 Å². The zero-order valence-corrected chi connectivity index (χ0v) is 16.4. The molecule has 152 valence electrons. The van der Waals surface area contributed by atoms with Crippen LogP contribution in [0, 0.1) is 17.1 Å². The third kappa shape index (κ3) is 3.55. The van der Waals surface area contributed by atoms with E-state index in [9.17, 15) is 4.39 Å². The number of imidazole rings is 1. The number of hydrogen-bond acceptors (Lipinski definition) is 7. The predicted octanol–water partition coefficient (Wildman–Crippen LogP) is 3.57. The summed E-state index contributed by atoms with van der Waals surface area (Å²) < 4.78 is 16.2. The van der Waals surface area contributed by atoms with Crippen molar-refractivity contribution < 1.29 is 4.39 Å². The normalized spacial score (nSPS) is 13.7. The highest BCUT2D eigenvalue weighted by Gasteiger charge is 2.19. The van der Waals surface area contributed by atoms with Gasteiger partial charge < -0.3 is 10.2 Å². The molecule has 0 saturated heterocycles. The lowest BCUT2D eigenvalue weighted by Gasteiger charge is -2.26. The van der Waals surface area contributed by atoms with E-state index < -0.39 is 5.82 Å². The van der Waals surface area contributed by atoms with Crippen LogP contribution in [0.4, 0.5) is 21.8 Å². The highest BCUT2D eigenvalue weighted by Crippen LogP contribution is 2.28. The summed E-state index contributed by atoms with van der Waals surface area (Å²) in [6, 6.07) is 7.99. The van der Waals surface area contributed by atoms with Crippen molar-refractivity contribution in [1.29, 1.82) is 5.26 Å². The van der Waals surface area contributed by atoms with Gasteiger partial charge in [0.1, 0.15) is 5.82 Å². The summed E-state index contributed by atoms with van der Waals surface area (Å²) in [5, 5.41) is 11.9. The molecule has 31 heavy (non-hydrogen) atoms. The predicted molar refractivity (Wildman–Crippen MR) is 114 cm³/mol. The first kappa shape index (κ1) is 18.7. The molecule has 5 rings (SSSR count). The third-order valence-corrected chi connectivity index (χ3v) is 5.15. The molecule has 1 aliphatic heterocycles. The van der Waals surface area contributed by atoms with Crippen LogP contribution >= 0.6 is 0 Å². The zero-order valence-electron chi connectivity index (χ0n) is 16.4.